The fourth-order valence-electron chi connectivity index (χ4n) is 3.72. The van der Waals surface area contributed by atoms with E-state index in [1.807, 2.05) is 24.3 Å². The minimum Gasteiger partial charge on any atom is -0.377 e. The summed E-state index contributed by atoms with van der Waals surface area (Å²) in [7, 11) is 0. The van der Waals surface area contributed by atoms with Crippen LogP contribution in [0.2, 0.25) is 10.0 Å². The summed E-state index contributed by atoms with van der Waals surface area (Å²) in [6.07, 6.45) is -5.24. The molecule has 3 nitrogen and oxygen atoms in total. The summed E-state index contributed by atoms with van der Waals surface area (Å²) in [6, 6.07) is 18.4. The van der Waals surface area contributed by atoms with Gasteiger partial charge in [-0.15, -0.1) is 11.3 Å². The van der Waals surface area contributed by atoms with Crippen molar-refractivity contribution < 1.29 is 22.8 Å². The molecule has 0 fully saturated rings. The lowest BCUT2D eigenvalue weighted by Gasteiger charge is -2.29. The number of rotatable bonds is 7. The van der Waals surface area contributed by atoms with E-state index in [2.05, 4.69) is 5.32 Å². The van der Waals surface area contributed by atoms with Crippen molar-refractivity contribution in [3.05, 3.63) is 98.7 Å². The van der Waals surface area contributed by atoms with Gasteiger partial charge in [0.2, 0.25) is 5.78 Å². The second-order valence-electron chi connectivity index (χ2n) is 7.53. The fourth-order valence-corrected chi connectivity index (χ4v) is 4.95. The molecule has 0 unspecified atom stereocenters. The highest BCUT2D eigenvalue weighted by atomic mass is 35.5. The van der Waals surface area contributed by atoms with Crippen LogP contribution < -0.4 is 5.32 Å². The number of Topliss-reactive ketones (excluding diaryl/α,β-unsaturated/α-hetero) is 2. The van der Waals surface area contributed by atoms with E-state index >= 15 is 0 Å². The van der Waals surface area contributed by atoms with Crippen LogP contribution in [0.25, 0.3) is 10.8 Å². The van der Waals surface area contributed by atoms with Crippen LogP contribution in [0.3, 0.4) is 0 Å². The minimum atomic E-state index is -5.24. The van der Waals surface area contributed by atoms with Gasteiger partial charge < -0.3 is 5.32 Å². The number of hydrogen-bond acceptors (Lipinski definition) is 4. The van der Waals surface area contributed by atoms with E-state index in [4.69, 9.17) is 23.2 Å². The van der Waals surface area contributed by atoms with E-state index in [1.54, 1.807) is 23.6 Å². The number of nitrogens with one attached hydrogen (secondary N) is 1. The SMILES string of the molecule is O=C(c1cccs1)[C@H](C(=O)C(F)(F)F)[C@H](Nc1ccc2ccccc2c1)c1ccc(Cl)cc1Cl. The molecular formula is C25H16Cl2F3NO2S. The van der Waals surface area contributed by atoms with E-state index < -0.39 is 29.7 Å². The molecule has 1 aromatic heterocycles. The second-order valence-corrected chi connectivity index (χ2v) is 9.32. The van der Waals surface area contributed by atoms with Crippen molar-refractivity contribution in [2.24, 2.45) is 5.92 Å². The smallest absolute Gasteiger partial charge is 0.377 e. The van der Waals surface area contributed by atoms with Crippen molar-refractivity contribution in [1.82, 2.24) is 0 Å². The summed E-state index contributed by atoms with van der Waals surface area (Å²) in [5, 5.41) is 6.59. The molecule has 2 atom stereocenters. The lowest BCUT2D eigenvalue weighted by atomic mass is 9.84. The molecule has 0 amide bonds. The van der Waals surface area contributed by atoms with Gasteiger partial charge in [0, 0.05) is 15.7 Å². The molecule has 0 aliphatic carbocycles. The average molecular weight is 522 g/mol. The number of thiophene rings is 1. The van der Waals surface area contributed by atoms with E-state index in [0.29, 0.717) is 5.69 Å². The Labute approximate surface area is 207 Å². The molecule has 0 aliphatic rings. The Morgan fingerprint density at radius 2 is 1.62 bits per heavy atom. The molecule has 0 aliphatic heterocycles. The third kappa shape index (κ3) is 5.12. The van der Waals surface area contributed by atoms with E-state index in [-0.39, 0.29) is 20.5 Å². The van der Waals surface area contributed by atoms with Gasteiger partial charge in [0.05, 0.1) is 10.9 Å². The third-order valence-electron chi connectivity index (χ3n) is 5.31. The van der Waals surface area contributed by atoms with Crippen molar-refractivity contribution in [2.45, 2.75) is 12.2 Å². The highest BCUT2D eigenvalue weighted by molar-refractivity contribution is 7.12. The fraction of sp³-hybridized carbons (Fsp3) is 0.120. The van der Waals surface area contributed by atoms with Gasteiger partial charge in [0.25, 0.3) is 0 Å². The number of hydrogen-bond donors (Lipinski definition) is 1. The van der Waals surface area contributed by atoms with Crippen LogP contribution in [0, 0.1) is 5.92 Å². The summed E-state index contributed by atoms with van der Waals surface area (Å²) in [6.45, 7) is 0. The van der Waals surface area contributed by atoms with E-state index in [1.165, 1.54) is 30.3 Å². The van der Waals surface area contributed by atoms with Crippen LogP contribution in [0.15, 0.2) is 78.2 Å². The zero-order valence-electron chi connectivity index (χ0n) is 17.3. The number of benzene rings is 3. The standard InChI is InChI=1S/C25H16Cl2F3NO2S/c26-16-8-10-18(19(27)13-16)22(31-17-9-7-14-4-1-2-5-15(14)12-17)21(24(33)25(28,29)30)23(32)20-6-3-11-34-20/h1-13,21-22,31H/t21-,22-/m1/s1. The average Bonchev–Trinajstić information content (AvgIpc) is 3.33. The lowest BCUT2D eigenvalue weighted by Crippen LogP contribution is -2.41. The maximum absolute atomic E-state index is 13.7. The molecule has 4 aromatic rings. The number of alkyl halides is 3. The largest absolute Gasteiger partial charge is 0.450 e. The molecule has 1 heterocycles. The Balaban J connectivity index is 1.87. The highest BCUT2D eigenvalue weighted by Crippen LogP contribution is 2.39. The molecule has 0 saturated carbocycles. The van der Waals surface area contributed by atoms with Crippen molar-refractivity contribution >= 4 is 62.6 Å². The van der Waals surface area contributed by atoms with Gasteiger partial charge in [0.15, 0.2) is 5.78 Å². The molecule has 0 bridgehead atoms. The minimum absolute atomic E-state index is 0.0322. The van der Waals surface area contributed by atoms with Crippen molar-refractivity contribution in [3.63, 3.8) is 0 Å². The number of anilines is 1. The molecule has 3 aromatic carbocycles. The topological polar surface area (TPSA) is 46.2 Å². The van der Waals surface area contributed by atoms with Gasteiger partial charge in [-0.25, -0.2) is 0 Å². The monoisotopic (exact) mass is 521 g/mol. The van der Waals surface area contributed by atoms with Crippen LogP contribution in [-0.4, -0.2) is 17.7 Å². The normalized spacial score (nSPS) is 13.4. The van der Waals surface area contributed by atoms with Crippen molar-refractivity contribution in [3.8, 4) is 0 Å². The first-order chi connectivity index (χ1) is 16.1. The summed E-state index contributed by atoms with van der Waals surface area (Å²) in [5.41, 5.74) is 0.570. The van der Waals surface area contributed by atoms with E-state index in [0.717, 1.165) is 22.1 Å². The summed E-state index contributed by atoms with van der Waals surface area (Å²) in [5.74, 6) is -5.21. The van der Waals surface area contributed by atoms with Crippen LogP contribution in [-0.2, 0) is 4.79 Å². The highest BCUT2D eigenvalue weighted by Gasteiger charge is 2.50. The Morgan fingerprint density at radius 3 is 2.26 bits per heavy atom. The molecule has 0 spiro atoms. The number of carbonyl (C=O) groups is 2. The summed E-state index contributed by atoms with van der Waals surface area (Å²) in [4.78, 5) is 26.0. The van der Waals surface area contributed by atoms with Crippen molar-refractivity contribution in [1.29, 1.82) is 0 Å². The van der Waals surface area contributed by atoms with Gasteiger partial charge >= 0.3 is 6.18 Å². The Bertz CT molecular complexity index is 1360. The molecule has 0 saturated heterocycles. The maximum Gasteiger partial charge on any atom is 0.450 e. The van der Waals surface area contributed by atoms with Crippen LogP contribution in [0.1, 0.15) is 21.3 Å². The predicted molar refractivity (Wildman–Crippen MR) is 130 cm³/mol. The van der Waals surface area contributed by atoms with Crippen LogP contribution >= 0.6 is 34.5 Å². The third-order valence-corrected chi connectivity index (χ3v) is 6.76. The second kappa shape index (κ2) is 9.78. The summed E-state index contributed by atoms with van der Waals surface area (Å²) >= 11 is 13.3. The molecule has 4 rings (SSSR count). The van der Waals surface area contributed by atoms with Gasteiger partial charge in [-0.05, 0) is 52.0 Å². The number of carbonyl (C=O) groups excluding carboxylic acids is 2. The molecule has 1 N–H and O–H groups in total. The maximum atomic E-state index is 13.7. The Kier molecular flexibility index (Phi) is 6.98. The summed E-state index contributed by atoms with van der Waals surface area (Å²) < 4.78 is 41.1. The molecular weight excluding hydrogens is 506 g/mol. The zero-order chi connectivity index (χ0) is 24.5. The first kappa shape index (κ1) is 24.3. The molecule has 174 valence electrons. The molecule has 0 radical (unpaired) electrons. The number of halogens is 5. The molecule has 34 heavy (non-hydrogen) atoms. The van der Waals surface area contributed by atoms with Gasteiger partial charge in [0.1, 0.15) is 5.92 Å². The Hall–Kier alpha value is -2.87. The van der Waals surface area contributed by atoms with Gasteiger partial charge in [-0.2, -0.15) is 13.2 Å². The van der Waals surface area contributed by atoms with Crippen LogP contribution in [0.4, 0.5) is 18.9 Å². The first-order valence-electron chi connectivity index (χ1n) is 10.0. The molecule has 9 heteroatoms. The van der Waals surface area contributed by atoms with Gasteiger partial charge in [-0.3, -0.25) is 9.59 Å². The quantitative estimate of drug-likeness (QED) is 0.198. The number of ketones is 2. The van der Waals surface area contributed by atoms with Crippen molar-refractivity contribution in [2.75, 3.05) is 5.32 Å². The van der Waals surface area contributed by atoms with Gasteiger partial charge in [-0.1, -0.05) is 65.7 Å². The Morgan fingerprint density at radius 1 is 0.882 bits per heavy atom. The first-order valence-corrected chi connectivity index (χ1v) is 11.7. The lowest BCUT2D eigenvalue weighted by molar-refractivity contribution is -0.174. The van der Waals surface area contributed by atoms with E-state index in [9.17, 15) is 22.8 Å². The predicted octanol–water partition coefficient (Wildman–Crippen LogP) is 7.99. The van der Waals surface area contributed by atoms with Crippen LogP contribution in [0.5, 0.6) is 0 Å². The number of fused-ring (bicyclic) bond motifs is 1. The zero-order valence-corrected chi connectivity index (χ0v) is 19.6.